The first kappa shape index (κ1) is 17.0. The third-order valence-electron chi connectivity index (χ3n) is 2.97. The van der Waals surface area contributed by atoms with Gasteiger partial charge in [-0.2, -0.15) is 0 Å². The predicted molar refractivity (Wildman–Crippen MR) is 81.3 cm³/mol. The van der Waals surface area contributed by atoms with Crippen molar-refractivity contribution in [1.82, 2.24) is 19.1 Å². The highest BCUT2D eigenvalue weighted by molar-refractivity contribution is 7.90. The molecule has 9 nitrogen and oxygen atoms in total. The molecule has 1 N–H and O–H groups in total. The zero-order valence-corrected chi connectivity index (χ0v) is 14.0. The van der Waals surface area contributed by atoms with Gasteiger partial charge in [0, 0.05) is 7.05 Å². The lowest BCUT2D eigenvalue weighted by atomic mass is 10.2. The lowest BCUT2D eigenvalue weighted by Gasteiger charge is -2.10. The first-order valence-electron chi connectivity index (χ1n) is 6.21. The van der Waals surface area contributed by atoms with Crippen LogP contribution in [-0.4, -0.2) is 35.9 Å². The maximum atomic E-state index is 12.3. The summed E-state index contributed by atoms with van der Waals surface area (Å²) in [4.78, 5) is 23.7. The van der Waals surface area contributed by atoms with E-state index in [4.69, 9.17) is 16.3 Å². The second-order valence-corrected chi connectivity index (χ2v) is 6.56. The summed E-state index contributed by atoms with van der Waals surface area (Å²) in [5.74, 6) is 0. The van der Waals surface area contributed by atoms with Gasteiger partial charge in [-0.05, 0) is 18.6 Å². The molecular weight excluding hydrogens is 348 g/mol. The van der Waals surface area contributed by atoms with Gasteiger partial charge >= 0.3 is 17.7 Å². The van der Waals surface area contributed by atoms with E-state index in [1.807, 2.05) is 0 Å². The summed E-state index contributed by atoms with van der Waals surface area (Å²) < 4.78 is 32.5. The van der Waals surface area contributed by atoms with Crippen LogP contribution < -0.4 is 15.1 Å². The van der Waals surface area contributed by atoms with Crippen LogP contribution in [0.15, 0.2) is 27.9 Å². The molecule has 11 heteroatoms. The van der Waals surface area contributed by atoms with E-state index in [0.717, 1.165) is 4.57 Å². The van der Waals surface area contributed by atoms with Crippen molar-refractivity contribution >= 4 is 27.7 Å². The molecule has 1 amide bonds. The SMILES string of the molecule is COc1nn(C(=O)NS(=O)(=O)c2c(C)cccc2Cl)c(=O)n1C. The molecule has 2 aromatic rings. The van der Waals surface area contributed by atoms with Gasteiger partial charge in [-0.15, -0.1) is 9.78 Å². The number of hydrogen-bond donors (Lipinski definition) is 1. The maximum absolute atomic E-state index is 12.3. The molecule has 0 unspecified atom stereocenters. The van der Waals surface area contributed by atoms with Crippen LogP contribution in [0.2, 0.25) is 5.02 Å². The number of amides is 1. The van der Waals surface area contributed by atoms with Gasteiger partial charge < -0.3 is 4.74 Å². The van der Waals surface area contributed by atoms with Gasteiger partial charge in [-0.25, -0.2) is 27.3 Å². The summed E-state index contributed by atoms with van der Waals surface area (Å²) in [6.07, 6.45) is 0. The van der Waals surface area contributed by atoms with Crippen LogP contribution in [0.4, 0.5) is 4.79 Å². The van der Waals surface area contributed by atoms with Crippen LogP contribution >= 0.6 is 11.6 Å². The first-order valence-corrected chi connectivity index (χ1v) is 8.07. The molecule has 0 saturated heterocycles. The largest absolute Gasteiger partial charge is 0.467 e. The minimum atomic E-state index is -4.28. The van der Waals surface area contributed by atoms with Gasteiger partial charge in [0.1, 0.15) is 4.90 Å². The number of aryl methyl sites for hydroxylation is 1. The summed E-state index contributed by atoms with van der Waals surface area (Å²) >= 11 is 5.89. The minimum Gasteiger partial charge on any atom is -0.467 e. The van der Waals surface area contributed by atoms with E-state index >= 15 is 0 Å². The highest BCUT2D eigenvalue weighted by Crippen LogP contribution is 2.24. The fraction of sp³-hybridized carbons (Fsp3) is 0.250. The molecule has 1 heterocycles. The molecule has 23 heavy (non-hydrogen) atoms. The van der Waals surface area contributed by atoms with Crippen molar-refractivity contribution in [2.45, 2.75) is 11.8 Å². The van der Waals surface area contributed by atoms with Crippen molar-refractivity contribution < 1.29 is 17.9 Å². The smallest absolute Gasteiger partial charge is 0.360 e. The van der Waals surface area contributed by atoms with E-state index in [9.17, 15) is 18.0 Å². The van der Waals surface area contributed by atoms with Gasteiger partial charge in [0.05, 0.1) is 12.1 Å². The van der Waals surface area contributed by atoms with E-state index in [2.05, 4.69) is 5.10 Å². The van der Waals surface area contributed by atoms with Crippen LogP contribution in [0.25, 0.3) is 0 Å². The van der Waals surface area contributed by atoms with Crippen molar-refractivity contribution in [3.8, 4) is 6.01 Å². The Morgan fingerprint density at radius 1 is 1.39 bits per heavy atom. The van der Waals surface area contributed by atoms with Crippen molar-refractivity contribution in [3.63, 3.8) is 0 Å². The topological polar surface area (TPSA) is 112 Å². The highest BCUT2D eigenvalue weighted by Gasteiger charge is 2.26. The zero-order chi connectivity index (χ0) is 17.4. The third kappa shape index (κ3) is 3.08. The van der Waals surface area contributed by atoms with Crippen LogP contribution in [0.5, 0.6) is 6.01 Å². The number of nitrogens with one attached hydrogen (secondary N) is 1. The molecule has 0 spiro atoms. The number of sulfonamides is 1. The fourth-order valence-electron chi connectivity index (χ4n) is 1.90. The molecule has 0 bridgehead atoms. The van der Waals surface area contributed by atoms with Crippen LogP contribution in [0, 0.1) is 6.92 Å². The quantitative estimate of drug-likeness (QED) is 0.852. The number of hydrogen-bond acceptors (Lipinski definition) is 6. The van der Waals surface area contributed by atoms with Crippen molar-refractivity contribution in [2.75, 3.05) is 7.11 Å². The van der Waals surface area contributed by atoms with Crippen molar-refractivity contribution in [2.24, 2.45) is 7.05 Å². The van der Waals surface area contributed by atoms with Crippen LogP contribution in [0.1, 0.15) is 5.56 Å². The van der Waals surface area contributed by atoms with E-state index in [-0.39, 0.29) is 15.9 Å². The summed E-state index contributed by atoms with van der Waals surface area (Å²) in [5.41, 5.74) is -0.505. The first-order chi connectivity index (χ1) is 10.7. The summed E-state index contributed by atoms with van der Waals surface area (Å²) in [7, 11) is -1.70. The van der Waals surface area contributed by atoms with Crippen LogP contribution in [0.3, 0.4) is 0 Å². The number of benzene rings is 1. The Kier molecular flexibility index (Phi) is 4.48. The predicted octanol–water partition coefficient (Wildman–Crippen LogP) is 0.499. The molecule has 0 aliphatic heterocycles. The monoisotopic (exact) mass is 360 g/mol. The number of rotatable bonds is 3. The standard InChI is InChI=1S/C12H13ClN4O5S/c1-7-5-4-6-8(13)9(7)23(20,21)15-10(18)17-12(19)16(2)11(14-17)22-3/h4-6H,1-3H3,(H,15,18). The molecular formula is C12H13ClN4O5S. The van der Waals surface area contributed by atoms with Gasteiger partial charge in [-0.3, -0.25) is 0 Å². The lowest BCUT2D eigenvalue weighted by molar-refractivity contribution is 0.243. The normalized spacial score (nSPS) is 11.3. The van der Waals surface area contributed by atoms with E-state index in [1.165, 1.54) is 33.2 Å². The van der Waals surface area contributed by atoms with Gasteiger partial charge in [0.25, 0.3) is 10.0 Å². The molecule has 0 saturated carbocycles. The third-order valence-corrected chi connectivity index (χ3v) is 4.92. The number of ether oxygens (including phenoxy) is 1. The maximum Gasteiger partial charge on any atom is 0.360 e. The molecule has 0 atom stereocenters. The number of carbonyl (C=O) groups excluding carboxylic acids is 1. The summed E-state index contributed by atoms with van der Waals surface area (Å²) in [6.45, 7) is 1.53. The Morgan fingerprint density at radius 3 is 2.57 bits per heavy atom. The zero-order valence-electron chi connectivity index (χ0n) is 12.4. The van der Waals surface area contributed by atoms with Crippen LogP contribution in [-0.2, 0) is 17.1 Å². The molecule has 0 aliphatic carbocycles. The lowest BCUT2D eigenvalue weighted by Crippen LogP contribution is -2.40. The van der Waals surface area contributed by atoms with Gasteiger partial charge in [0.2, 0.25) is 0 Å². The van der Waals surface area contributed by atoms with Crippen molar-refractivity contribution in [1.29, 1.82) is 0 Å². The Hall–Kier alpha value is -2.33. The number of aromatic nitrogens is 3. The van der Waals surface area contributed by atoms with E-state index in [1.54, 1.807) is 10.8 Å². The second kappa shape index (κ2) is 6.05. The molecule has 124 valence electrons. The Balaban J connectivity index is 2.42. The number of methoxy groups -OCH3 is 1. The number of carbonyl (C=O) groups is 1. The Bertz CT molecular complexity index is 911. The molecule has 2 rings (SSSR count). The highest BCUT2D eigenvalue weighted by atomic mass is 35.5. The molecule has 0 aliphatic rings. The molecule has 0 radical (unpaired) electrons. The molecule has 1 aromatic heterocycles. The average molecular weight is 361 g/mol. The number of halogens is 1. The van der Waals surface area contributed by atoms with Gasteiger partial charge in [0.15, 0.2) is 0 Å². The fourth-order valence-corrected chi connectivity index (χ4v) is 3.66. The molecule has 0 fully saturated rings. The minimum absolute atomic E-state index is 0.0451. The van der Waals surface area contributed by atoms with Crippen molar-refractivity contribution in [3.05, 3.63) is 39.3 Å². The Morgan fingerprint density at radius 2 is 2.04 bits per heavy atom. The van der Waals surface area contributed by atoms with E-state index < -0.39 is 21.7 Å². The second-order valence-electron chi connectivity index (χ2n) is 4.54. The average Bonchev–Trinajstić information content (AvgIpc) is 2.74. The van der Waals surface area contributed by atoms with E-state index in [0.29, 0.717) is 10.2 Å². The number of nitrogens with zero attached hydrogens (tertiary/aromatic N) is 3. The summed E-state index contributed by atoms with van der Waals surface area (Å²) in [5, 5.41) is 3.54. The summed E-state index contributed by atoms with van der Waals surface area (Å²) in [6, 6.07) is 3.10. The van der Waals surface area contributed by atoms with Gasteiger partial charge in [-0.1, -0.05) is 23.7 Å². The molecule has 1 aromatic carbocycles. The Labute approximate surface area is 136 Å².